The molecule has 1 atom stereocenters. The predicted molar refractivity (Wildman–Crippen MR) is 67.2 cm³/mol. The molecule has 0 aliphatic carbocycles. The van der Waals surface area contributed by atoms with Crippen LogP contribution in [0.15, 0.2) is 18.3 Å². The Balaban J connectivity index is 2.58. The summed E-state index contributed by atoms with van der Waals surface area (Å²) in [5, 5.41) is 11.5. The summed E-state index contributed by atoms with van der Waals surface area (Å²) in [7, 11) is 1.52. The molecule has 0 saturated heterocycles. The van der Waals surface area contributed by atoms with Crippen LogP contribution < -0.4 is 5.32 Å². The number of nitrogens with one attached hydrogen (secondary N) is 1. The van der Waals surface area contributed by atoms with Crippen LogP contribution in [0, 0.1) is 0 Å². The van der Waals surface area contributed by atoms with E-state index in [4.69, 9.17) is 5.11 Å². The lowest BCUT2D eigenvalue weighted by molar-refractivity contribution is -0.141. The third-order valence-corrected chi connectivity index (χ3v) is 2.53. The van der Waals surface area contributed by atoms with E-state index < -0.39 is 24.0 Å². The zero-order valence-electron chi connectivity index (χ0n) is 11.1. The summed E-state index contributed by atoms with van der Waals surface area (Å²) in [6.07, 6.45) is -3.67. The Bertz CT molecular complexity index is 446. The zero-order chi connectivity index (χ0) is 15.3. The van der Waals surface area contributed by atoms with Crippen molar-refractivity contribution in [2.75, 3.05) is 18.9 Å². The molecule has 8 heteroatoms. The van der Waals surface area contributed by atoms with Crippen LogP contribution in [0.25, 0.3) is 0 Å². The first kappa shape index (κ1) is 16.2. The second-order valence-electron chi connectivity index (χ2n) is 4.42. The number of hydrogen-bond acceptors (Lipinski definition) is 3. The van der Waals surface area contributed by atoms with Crippen LogP contribution in [-0.2, 0) is 6.18 Å². The number of anilines is 1. The number of carbonyl (C=O) groups is 1. The third kappa shape index (κ3) is 5.04. The van der Waals surface area contributed by atoms with Crippen molar-refractivity contribution in [3.8, 4) is 0 Å². The number of amides is 2. The minimum Gasteiger partial charge on any atom is -0.393 e. The molecule has 0 aliphatic heterocycles. The van der Waals surface area contributed by atoms with E-state index in [0.717, 1.165) is 18.3 Å². The van der Waals surface area contributed by atoms with E-state index in [1.165, 1.54) is 11.9 Å². The molecular weight excluding hydrogens is 275 g/mol. The Morgan fingerprint density at radius 3 is 2.60 bits per heavy atom. The Kier molecular flexibility index (Phi) is 5.32. The highest BCUT2D eigenvalue weighted by Gasteiger charge is 2.32. The molecule has 0 fully saturated rings. The molecule has 0 saturated carbocycles. The lowest BCUT2D eigenvalue weighted by atomic mass is 10.3. The summed E-state index contributed by atoms with van der Waals surface area (Å²) in [5.41, 5.74) is -0.843. The van der Waals surface area contributed by atoms with Gasteiger partial charge >= 0.3 is 12.2 Å². The number of urea groups is 1. The van der Waals surface area contributed by atoms with Crippen LogP contribution in [0.4, 0.5) is 23.7 Å². The van der Waals surface area contributed by atoms with E-state index in [1.807, 2.05) is 0 Å². The first-order chi connectivity index (χ1) is 9.20. The maximum Gasteiger partial charge on any atom is 0.433 e. The molecule has 0 aromatic carbocycles. The van der Waals surface area contributed by atoms with Gasteiger partial charge in [-0.1, -0.05) is 0 Å². The van der Waals surface area contributed by atoms with Crippen molar-refractivity contribution in [3.05, 3.63) is 24.0 Å². The first-order valence-corrected chi connectivity index (χ1v) is 5.93. The van der Waals surface area contributed by atoms with Gasteiger partial charge in [0.05, 0.1) is 18.0 Å². The summed E-state index contributed by atoms with van der Waals surface area (Å²) in [6.45, 7) is 1.93. The second-order valence-corrected chi connectivity index (χ2v) is 4.42. The van der Waals surface area contributed by atoms with E-state index >= 15 is 0 Å². The average Bonchev–Trinajstić information content (AvgIpc) is 2.35. The van der Waals surface area contributed by atoms with E-state index in [1.54, 1.807) is 6.92 Å². The predicted octanol–water partition coefficient (Wildman–Crippen LogP) is 2.34. The normalized spacial score (nSPS) is 12.9. The molecule has 1 rings (SSSR count). The van der Waals surface area contributed by atoms with E-state index in [2.05, 4.69) is 10.3 Å². The molecule has 0 spiro atoms. The van der Waals surface area contributed by atoms with Gasteiger partial charge in [-0.05, 0) is 25.5 Å². The van der Waals surface area contributed by atoms with Gasteiger partial charge in [0.25, 0.3) is 0 Å². The number of pyridine rings is 1. The highest BCUT2D eigenvalue weighted by atomic mass is 19.4. The number of carbonyl (C=O) groups excluding carboxylic acids is 1. The summed E-state index contributed by atoms with van der Waals surface area (Å²) in [5.74, 6) is 0. The van der Waals surface area contributed by atoms with Crippen LogP contribution in [0.2, 0.25) is 0 Å². The van der Waals surface area contributed by atoms with Gasteiger partial charge in [-0.3, -0.25) is 0 Å². The molecular formula is C12H16F3N3O2. The number of rotatable bonds is 4. The van der Waals surface area contributed by atoms with Gasteiger partial charge in [0.1, 0.15) is 5.69 Å². The van der Waals surface area contributed by atoms with Crippen LogP contribution in [0.3, 0.4) is 0 Å². The van der Waals surface area contributed by atoms with Crippen molar-refractivity contribution < 1.29 is 23.1 Å². The number of alkyl halides is 3. The van der Waals surface area contributed by atoms with Crippen molar-refractivity contribution in [1.29, 1.82) is 0 Å². The highest BCUT2D eigenvalue weighted by Crippen LogP contribution is 2.27. The summed E-state index contributed by atoms with van der Waals surface area (Å²) in [4.78, 5) is 16.3. The molecule has 2 N–H and O–H groups in total. The monoisotopic (exact) mass is 291 g/mol. The van der Waals surface area contributed by atoms with Gasteiger partial charge in [-0.15, -0.1) is 0 Å². The molecule has 0 radical (unpaired) electrons. The lowest BCUT2D eigenvalue weighted by Gasteiger charge is -2.18. The molecule has 1 unspecified atom stereocenters. The van der Waals surface area contributed by atoms with Crippen molar-refractivity contribution in [2.24, 2.45) is 0 Å². The fourth-order valence-electron chi connectivity index (χ4n) is 1.34. The molecule has 5 nitrogen and oxygen atoms in total. The van der Waals surface area contributed by atoms with Crippen LogP contribution in [0.1, 0.15) is 19.0 Å². The summed E-state index contributed by atoms with van der Waals surface area (Å²) < 4.78 is 36.9. The minimum absolute atomic E-state index is 0.173. The van der Waals surface area contributed by atoms with Gasteiger partial charge in [-0.25, -0.2) is 9.78 Å². The number of aliphatic hydroxyl groups excluding tert-OH is 1. The molecule has 0 aliphatic rings. The Hall–Kier alpha value is -1.83. The van der Waals surface area contributed by atoms with Gasteiger partial charge in [-0.2, -0.15) is 13.2 Å². The molecule has 1 heterocycles. The Morgan fingerprint density at radius 1 is 1.50 bits per heavy atom. The van der Waals surface area contributed by atoms with Crippen molar-refractivity contribution in [1.82, 2.24) is 9.88 Å². The summed E-state index contributed by atoms with van der Waals surface area (Å²) >= 11 is 0. The summed E-state index contributed by atoms with van der Waals surface area (Å²) in [6, 6.07) is 1.45. The number of aliphatic hydroxyl groups is 1. The SMILES string of the molecule is CC(O)CCN(C)C(=O)Nc1ccc(C(F)(F)F)nc1. The number of nitrogens with zero attached hydrogens (tertiary/aromatic N) is 2. The minimum atomic E-state index is -4.50. The van der Waals surface area contributed by atoms with E-state index in [-0.39, 0.29) is 5.69 Å². The number of halogens is 3. The fraction of sp³-hybridized carbons (Fsp3) is 0.500. The quantitative estimate of drug-likeness (QED) is 0.895. The van der Waals surface area contributed by atoms with Gasteiger partial charge in [0.2, 0.25) is 0 Å². The van der Waals surface area contributed by atoms with E-state index in [9.17, 15) is 18.0 Å². The molecule has 20 heavy (non-hydrogen) atoms. The molecule has 0 bridgehead atoms. The van der Waals surface area contributed by atoms with E-state index in [0.29, 0.717) is 13.0 Å². The zero-order valence-corrected chi connectivity index (χ0v) is 11.1. The topological polar surface area (TPSA) is 65.5 Å². The standard InChI is InChI=1S/C12H16F3N3O2/c1-8(19)5-6-18(2)11(20)17-9-3-4-10(16-7-9)12(13,14)15/h3-4,7-8,19H,5-6H2,1-2H3,(H,17,20). The van der Waals surface area contributed by atoms with Gasteiger partial charge < -0.3 is 15.3 Å². The second kappa shape index (κ2) is 6.56. The number of aromatic nitrogens is 1. The van der Waals surface area contributed by atoms with Gasteiger partial charge in [0, 0.05) is 13.6 Å². The highest BCUT2D eigenvalue weighted by molar-refractivity contribution is 5.88. The molecule has 2 amide bonds. The molecule has 112 valence electrons. The van der Waals surface area contributed by atoms with Crippen molar-refractivity contribution >= 4 is 11.7 Å². The van der Waals surface area contributed by atoms with Crippen molar-refractivity contribution in [3.63, 3.8) is 0 Å². The maximum absolute atomic E-state index is 12.3. The fourth-order valence-corrected chi connectivity index (χ4v) is 1.34. The average molecular weight is 291 g/mol. The Morgan fingerprint density at radius 2 is 2.15 bits per heavy atom. The lowest BCUT2D eigenvalue weighted by Crippen LogP contribution is -2.33. The van der Waals surface area contributed by atoms with Crippen LogP contribution in [-0.4, -0.2) is 40.7 Å². The number of hydrogen-bond donors (Lipinski definition) is 2. The molecule has 1 aromatic heterocycles. The maximum atomic E-state index is 12.3. The third-order valence-electron chi connectivity index (χ3n) is 2.53. The first-order valence-electron chi connectivity index (χ1n) is 5.93. The van der Waals surface area contributed by atoms with Crippen molar-refractivity contribution in [2.45, 2.75) is 25.6 Å². The Labute approximate surface area is 114 Å². The molecule has 1 aromatic rings. The largest absolute Gasteiger partial charge is 0.433 e. The van der Waals surface area contributed by atoms with Crippen LogP contribution >= 0.6 is 0 Å². The smallest absolute Gasteiger partial charge is 0.393 e. The van der Waals surface area contributed by atoms with Crippen LogP contribution in [0.5, 0.6) is 0 Å². The van der Waals surface area contributed by atoms with Gasteiger partial charge in [0.15, 0.2) is 0 Å².